The number of likely N-dealkylation sites (tertiary alicyclic amines) is 1. The molecular formula is C21H31N3O3. The summed E-state index contributed by atoms with van der Waals surface area (Å²) >= 11 is 0. The molecule has 1 aromatic rings. The predicted molar refractivity (Wildman–Crippen MR) is 104 cm³/mol. The normalized spacial score (nSPS) is 23.1. The molecule has 2 aliphatic heterocycles. The van der Waals surface area contributed by atoms with Crippen LogP contribution in [0.4, 0.5) is 0 Å². The Bertz CT molecular complexity index is 686. The summed E-state index contributed by atoms with van der Waals surface area (Å²) in [6.45, 7) is 10.1. The quantitative estimate of drug-likeness (QED) is 0.844. The lowest BCUT2D eigenvalue weighted by Gasteiger charge is -2.47. The van der Waals surface area contributed by atoms with Gasteiger partial charge in [0.25, 0.3) is 0 Å². The van der Waals surface area contributed by atoms with Crippen molar-refractivity contribution in [2.24, 2.45) is 5.92 Å². The average molecular weight is 373 g/mol. The van der Waals surface area contributed by atoms with Crippen LogP contribution in [0.15, 0.2) is 24.3 Å². The number of hydrogen-bond donors (Lipinski definition) is 1. The van der Waals surface area contributed by atoms with Crippen LogP contribution in [0.1, 0.15) is 31.4 Å². The molecule has 2 amide bonds. The molecule has 3 rings (SSSR count). The second kappa shape index (κ2) is 7.98. The molecule has 0 aliphatic carbocycles. The highest BCUT2D eigenvalue weighted by Gasteiger charge is 2.40. The molecule has 0 aromatic heterocycles. The number of benzene rings is 1. The number of aryl methyl sites for hydroxylation is 1. The Balaban J connectivity index is 1.60. The van der Waals surface area contributed by atoms with Gasteiger partial charge in [0.2, 0.25) is 11.8 Å². The molecule has 6 heteroatoms. The highest BCUT2D eigenvalue weighted by Crippen LogP contribution is 2.26. The van der Waals surface area contributed by atoms with E-state index in [0.29, 0.717) is 39.1 Å². The van der Waals surface area contributed by atoms with Crippen LogP contribution in [0.25, 0.3) is 0 Å². The van der Waals surface area contributed by atoms with E-state index >= 15 is 0 Å². The van der Waals surface area contributed by atoms with Gasteiger partial charge < -0.3 is 14.9 Å². The number of hydrogen-bond acceptors (Lipinski definition) is 4. The van der Waals surface area contributed by atoms with Crippen LogP contribution in [0, 0.1) is 12.8 Å². The fourth-order valence-corrected chi connectivity index (χ4v) is 4.18. The fraction of sp³-hybridized carbons (Fsp3) is 0.619. The molecule has 1 N–H and O–H groups in total. The first-order valence-corrected chi connectivity index (χ1v) is 9.78. The molecule has 148 valence electrons. The van der Waals surface area contributed by atoms with Crippen molar-refractivity contribution in [1.82, 2.24) is 14.7 Å². The number of amides is 2. The monoisotopic (exact) mass is 373 g/mol. The van der Waals surface area contributed by atoms with E-state index in [1.807, 2.05) is 36.1 Å². The fourth-order valence-electron chi connectivity index (χ4n) is 4.18. The highest BCUT2D eigenvalue weighted by atomic mass is 16.3. The van der Waals surface area contributed by atoms with E-state index < -0.39 is 0 Å². The van der Waals surface area contributed by atoms with Crippen molar-refractivity contribution >= 4 is 11.8 Å². The Morgan fingerprint density at radius 3 is 2.56 bits per heavy atom. The predicted octanol–water partition coefficient (Wildman–Crippen LogP) is 1.26. The molecule has 0 radical (unpaired) electrons. The molecule has 1 unspecified atom stereocenters. The molecule has 27 heavy (non-hydrogen) atoms. The minimum Gasteiger partial charge on any atom is -0.395 e. The largest absolute Gasteiger partial charge is 0.395 e. The SMILES string of the molecule is Cc1ccc(CN2CC(C(=O)N3CCN(CCO)C(C)(C)C3)CC2=O)cc1. The zero-order valence-corrected chi connectivity index (χ0v) is 16.6. The van der Waals surface area contributed by atoms with E-state index in [4.69, 9.17) is 0 Å². The zero-order valence-electron chi connectivity index (χ0n) is 16.6. The maximum absolute atomic E-state index is 13.0. The number of β-amino-alcohol motifs (C(OH)–C–C–N with tert-alkyl or cyclic N) is 1. The highest BCUT2D eigenvalue weighted by molar-refractivity contribution is 5.89. The van der Waals surface area contributed by atoms with Crippen LogP contribution in [0.5, 0.6) is 0 Å². The number of nitrogens with zero attached hydrogens (tertiary/aromatic N) is 3. The summed E-state index contributed by atoms with van der Waals surface area (Å²) in [6.07, 6.45) is 0.308. The van der Waals surface area contributed by atoms with E-state index in [1.165, 1.54) is 5.56 Å². The van der Waals surface area contributed by atoms with Crippen LogP contribution in [-0.4, -0.2) is 76.5 Å². The lowest BCUT2D eigenvalue weighted by atomic mass is 9.97. The van der Waals surface area contributed by atoms with Crippen molar-refractivity contribution in [3.63, 3.8) is 0 Å². The van der Waals surface area contributed by atoms with Gasteiger partial charge in [-0.3, -0.25) is 14.5 Å². The number of aliphatic hydroxyl groups is 1. The number of rotatable bonds is 5. The number of aliphatic hydroxyl groups excluding tert-OH is 1. The molecule has 2 heterocycles. The molecule has 0 saturated carbocycles. The molecule has 0 spiro atoms. The summed E-state index contributed by atoms with van der Waals surface area (Å²) in [5, 5.41) is 9.23. The number of carbonyl (C=O) groups excluding carboxylic acids is 2. The van der Waals surface area contributed by atoms with Gasteiger partial charge in [-0.2, -0.15) is 0 Å². The first kappa shape index (κ1) is 19.8. The van der Waals surface area contributed by atoms with Crippen molar-refractivity contribution in [2.75, 3.05) is 39.3 Å². The van der Waals surface area contributed by atoms with Crippen LogP contribution < -0.4 is 0 Å². The Labute approximate surface area is 161 Å². The smallest absolute Gasteiger partial charge is 0.228 e. The van der Waals surface area contributed by atoms with Gasteiger partial charge in [0, 0.05) is 51.2 Å². The standard InChI is InChI=1S/C21H31N3O3/c1-16-4-6-17(7-5-16)13-23-14-18(12-19(23)26)20(27)22-8-9-24(10-11-25)21(2,3)15-22/h4-7,18,25H,8-15H2,1-3H3. The molecule has 2 saturated heterocycles. The van der Waals surface area contributed by atoms with Gasteiger partial charge in [-0.25, -0.2) is 0 Å². The minimum atomic E-state index is -0.247. The van der Waals surface area contributed by atoms with Crippen molar-refractivity contribution < 1.29 is 14.7 Å². The Kier molecular flexibility index (Phi) is 5.86. The molecular weight excluding hydrogens is 342 g/mol. The number of piperazine rings is 1. The maximum Gasteiger partial charge on any atom is 0.228 e. The van der Waals surface area contributed by atoms with Crippen LogP contribution in [0.3, 0.4) is 0 Å². The first-order chi connectivity index (χ1) is 12.8. The van der Waals surface area contributed by atoms with E-state index in [-0.39, 0.29) is 29.9 Å². The maximum atomic E-state index is 13.0. The van der Waals surface area contributed by atoms with E-state index in [9.17, 15) is 14.7 Å². The van der Waals surface area contributed by atoms with Gasteiger partial charge in [0.05, 0.1) is 12.5 Å². The molecule has 1 aromatic carbocycles. The summed E-state index contributed by atoms with van der Waals surface area (Å²) in [6, 6.07) is 8.18. The van der Waals surface area contributed by atoms with Crippen molar-refractivity contribution in [1.29, 1.82) is 0 Å². The Hall–Kier alpha value is -1.92. The van der Waals surface area contributed by atoms with E-state index in [1.54, 1.807) is 4.90 Å². The van der Waals surface area contributed by atoms with Crippen molar-refractivity contribution in [3.05, 3.63) is 35.4 Å². The van der Waals surface area contributed by atoms with Crippen molar-refractivity contribution in [3.8, 4) is 0 Å². The van der Waals surface area contributed by atoms with Gasteiger partial charge in [0.1, 0.15) is 0 Å². The molecule has 2 fully saturated rings. The second-order valence-electron chi connectivity index (χ2n) is 8.44. The zero-order chi connectivity index (χ0) is 19.6. The summed E-state index contributed by atoms with van der Waals surface area (Å²) < 4.78 is 0. The van der Waals surface area contributed by atoms with Gasteiger partial charge in [-0.15, -0.1) is 0 Å². The van der Waals surface area contributed by atoms with Gasteiger partial charge in [-0.1, -0.05) is 29.8 Å². The third kappa shape index (κ3) is 4.50. The lowest BCUT2D eigenvalue weighted by Crippen LogP contribution is -2.61. The minimum absolute atomic E-state index is 0.0621. The third-order valence-corrected chi connectivity index (χ3v) is 5.81. The lowest BCUT2D eigenvalue weighted by molar-refractivity contribution is -0.140. The van der Waals surface area contributed by atoms with Crippen LogP contribution in [-0.2, 0) is 16.1 Å². The van der Waals surface area contributed by atoms with Gasteiger partial charge in [-0.05, 0) is 26.3 Å². The molecule has 1 atom stereocenters. The van der Waals surface area contributed by atoms with E-state index in [2.05, 4.69) is 18.7 Å². The Morgan fingerprint density at radius 2 is 1.93 bits per heavy atom. The molecule has 6 nitrogen and oxygen atoms in total. The third-order valence-electron chi connectivity index (χ3n) is 5.81. The molecule has 2 aliphatic rings. The van der Waals surface area contributed by atoms with Gasteiger partial charge in [0.15, 0.2) is 0 Å². The summed E-state index contributed by atoms with van der Waals surface area (Å²) in [7, 11) is 0. The van der Waals surface area contributed by atoms with Crippen molar-refractivity contribution in [2.45, 2.75) is 39.3 Å². The summed E-state index contributed by atoms with van der Waals surface area (Å²) in [5.74, 6) is -0.0956. The summed E-state index contributed by atoms with van der Waals surface area (Å²) in [5.41, 5.74) is 2.13. The Morgan fingerprint density at radius 1 is 1.22 bits per heavy atom. The number of carbonyl (C=O) groups is 2. The summed E-state index contributed by atoms with van der Waals surface area (Å²) in [4.78, 5) is 31.4. The topological polar surface area (TPSA) is 64.1 Å². The van der Waals surface area contributed by atoms with Gasteiger partial charge >= 0.3 is 0 Å². The first-order valence-electron chi connectivity index (χ1n) is 9.78. The average Bonchev–Trinajstić information content (AvgIpc) is 2.98. The van der Waals surface area contributed by atoms with E-state index in [0.717, 1.165) is 12.1 Å². The van der Waals surface area contributed by atoms with Crippen LogP contribution in [0.2, 0.25) is 0 Å². The molecule has 0 bridgehead atoms. The second-order valence-corrected chi connectivity index (χ2v) is 8.44. The van der Waals surface area contributed by atoms with Crippen LogP contribution >= 0.6 is 0 Å².